The summed E-state index contributed by atoms with van der Waals surface area (Å²) in [5.41, 5.74) is 0. The third-order valence-electron chi connectivity index (χ3n) is 3.39. The molecule has 0 aromatic rings. The van der Waals surface area contributed by atoms with Crippen molar-refractivity contribution in [2.24, 2.45) is 17.8 Å². The number of ketones is 1. The van der Waals surface area contributed by atoms with Crippen LogP contribution in [-0.4, -0.2) is 50.4 Å². The van der Waals surface area contributed by atoms with E-state index >= 15 is 0 Å². The molecule has 116 valence electrons. The summed E-state index contributed by atoms with van der Waals surface area (Å²) < 4.78 is 25.4. The van der Waals surface area contributed by atoms with Gasteiger partial charge in [0.15, 0.2) is 0 Å². The van der Waals surface area contributed by atoms with Crippen LogP contribution < -0.4 is 4.72 Å². The van der Waals surface area contributed by atoms with E-state index in [1.54, 1.807) is 13.8 Å². The smallest absolute Gasteiger partial charge is 0.236 e. The van der Waals surface area contributed by atoms with Crippen LogP contribution in [-0.2, 0) is 19.6 Å². The van der Waals surface area contributed by atoms with Gasteiger partial charge in [-0.25, -0.2) is 8.42 Å². The molecule has 0 aromatic carbocycles. The van der Waals surface area contributed by atoms with E-state index in [2.05, 4.69) is 4.72 Å². The normalized spacial score (nSPS) is 17.3. The van der Waals surface area contributed by atoms with Crippen molar-refractivity contribution in [2.75, 3.05) is 25.4 Å². The van der Waals surface area contributed by atoms with Gasteiger partial charge in [0.05, 0.1) is 5.75 Å². The number of carbonyl (C=O) groups excluding carboxylic acids is 2. The second kappa shape index (κ2) is 6.67. The van der Waals surface area contributed by atoms with Crippen LogP contribution in [0.25, 0.3) is 0 Å². The summed E-state index contributed by atoms with van der Waals surface area (Å²) in [6.07, 6.45) is 0. The van der Waals surface area contributed by atoms with Crippen molar-refractivity contribution in [3.8, 4) is 0 Å². The highest BCUT2D eigenvalue weighted by Crippen LogP contribution is 2.19. The molecule has 1 N–H and O–H groups in total. The van der Waals surface area contributed by atoms with Gasteiger partial charge in [0.25, 0.3) is 0 Å². The quantitative estimate of drug-likeness (QED) is 0.729. The standard InChI is InChI=1S/C13H24N2O4S/c1-9(2)12(16)11-7-15(8-11)5-6-20(18,19)14-13(17)10(3)4/h9-11H,5-8H2,1-4H3,(H,14,17). The molecule has 1 aliphatic rings. The largest absolute Gasteiger partial charge is 0.301 e. The molecule has 1 saturated heterocycles. The van der Waals surface area contributed by atoms with Crippen molar-refractivity contribution in [2.45, 2.75) is 27.7 Å². The zero-order valence-corrected chi connectivity index (χ0v) is 13.4. The zero-order chi connectivity index (χ0) is 15.5. The molecule has 20 heavy (non-hydrogen) atoms. The fourth-order valence-electron chi connectivity index (χ4n) is 1.98. The summed E-state index contributed by atoms with van der Waals surface area (Å²) in [5, 5.41) is 0. The fraction of sp³-hybridized carbons (Fsp3) is 0.846. The number of amides is 1. The average Bonchev–Trinajstić information content (AvgIpc) is 2.25. The van der Waals surface area contributed by atoms with Crippen molar-refractivity contribution in [3.05, 3.63) is 0 Å². The monoisotopic (exact) mass is 304 g/mol. The summed E-state index contributed by atoms with van der Waals surface area (Å²) in [7, 11) is -3.58. The van der Waals surface area contributed by atoms with E-state index in [4.69, 9.17) is 0 Å². The molecule has 0 aromatic heterocycles. The van der Waals surface area contributed by atoms with Crippen molar-refractivity contribution >= 4 is 21.7 Å². The Balaban J connectivity index is 2.32. The third-order valence-corrected chi connectivity index (χ3v) is 4.62. The highest BCUT2D eigenvalue weighted by molar-refractivity contribution is 7.90. The van der Waals surface area contributed by atoms with Gasteiger partial charge >= 0.3 is 0 Å². The van der Waals surface area contributed by atoms with Crippen molar-refractivity contribution in [1.82, 2.24) is 9.62 Å². The molecule has 0 aliphatic carbocycles. The molecule has 0 saturated carbocycles. The maximum absolute atomic E-state index is 11.7. The number of nitrogens with zero attached hydrogens (tertiary/aromatic N) is 1. The lowest BCUT2D eigenvalue weighted by atomic mass is 9.89. The first-order chi connectivity index (χ1) is 9.12. The highest BCUT2D eigenvalue weighted by atomic mass is 32.2. The maximum Gasteiger partial charge on any atom is 0.236 e. The van der Waals surface area contributed by atoms with Gasteiger partial charge in [-0.2, -0.15) is 0 Å². The first-order valence-electron chi connectivity index (χ1n) is 6.92. The van der Waals surface area contributed by atoms with Crippen molar-refractivity contribution in [3.63, 3.8) is 0 Å². The van der Waals surface area contributed by atoms with E-state index < -0.39 is 15.9 Å². The molecular weight excluding hydrogens is 280 g/mol. The van der Waals surface area contributed by atoms with E-state index in [0.29, 0.717) is 19.6 Å². The third kappa shape index (κ3) is 4.86. The number of rotatable bonds is 7. The fourth-order valence-corrected chi connectivity index (χ4v) is 3.12. The van der Waals surface area contributed by atoms with Gasteiger partial charge in [-0.3, -0.25) is 14.3 Å². The van der Waals surface area contributed by atoms with Crippen LogP contribution in [0.2, 0.25) is 0 Å². The second-order valence-electron chi connectivity index (χ2n) is 5.95. The van der Waals surface area contributed by atoms with Gasteiger partial charge in [-0.15, -0.1) is 0 Å². The van der Waals surface area contributed by atoms with Gasteiger partial charge < -0.3 is 4.90 Å². The minimum absolute atomic E-state index is 0.0243. The number of hydrogen-bond donors (Lipinski definition) is 1. The average molecular weight is 304 g/mol. The van der Waals surface area contributed by atoms with Gasteiger partial charge in [0, 0.05) is 37.4 Å². The lowest BCUT2D eigenvalue weighted by Crippen LogP contribution is -2.53. The lowest BCUT2D eigenvalue weighted by molar-refractivity contribution is -0.130. The van der Waals surface area contributed by atoms with Gasteiger partial charge in [-0.1, -0.05) is 27.7 Å². The summed E-state index contributed by atoms with van der Waals surface area (Å²) in [5.74, 6) is -0.673. The van der Waals surface area contributed by atoms with Crippen LogP contribution in [0.15, 0.2) is 0 Å². The Morgan fingerprint density at radius 1 is 1.15 bits per heavy atom. The molecule has 7 heteroatoms. The van der Waals surface area contributed by atoms with Crippen LogP contribution >= 0.6 is 0 Å². The van der Waals surface area contributed by atoms with Crippen LogP contribution in [0.5, 0.6) is 0 Å². The molecule has 0 spiro atoms. The lowest BCUT2D eigenvalue weighted by Gasteiger charge is -2.38. The van der Waals surface area contributed by atoms with E-state index in [-0.39, 0.29) is 29.3 Å². The van der Waals surface area contributed by atoms with Crippen molar-refractivity contribution in [1.29, 1.82) is 0 Å². The number of sulfonamides is 1. The van der Waals surface area contributed by atoms with Crippen molar-refractivity contribution < 1.29 is 18.0 Å². The molecule has 1 amide bonds. The minimum atomic E-state index is -3.58. The summed E-state index contributed by atoms with van der Waals surface area (Å²) in [4.78, 5) is 25.0. The molecule has 1 heterocycles. The van der Waals surface area contributed by atoms with Gasteiger partial charge in [-0.05, 0) is 0 Å². The van der Waals surface area contributed by atoms with E-state index in [1.807, 2.05) is 18.7 Å². The summed E-state index contributed by atoms with van der Waals surface area (Å²) >= 11 is 0. The Hall–Kier alpha value is -0.950. The highest BCUT2D eigenvalue weighted by Gasteiger charge is 2.33. The Labute approximate surface area is 121 Å². The zero-order valence-electron chi connectivity index (χ0n) is 12.5. The van der Waals surface area contributed by atoms with Crippen LogP contribution in [0.1, 0.15) is 27.7 Å². The van der Waals surface area contributed by atoms with Crippen LogP contribution in [0.3, 0.4) is 0 Å². The minimum Gasteiger partial charge on any atom is -0.301 e. The second-order valence-corrected chi connectivity index (χ2v) is 7.80. The van der Waals surface area contributed by atoms with Crippen LogP contribution in [0.4, 0.5) is 0 Å². The molecule has 0 atom stereocenters. The molecule has 1 aliphatic heterocycles. The Bertz CT molecular complexity index is 465. The molecule has 0 radical (unpaired) electrons. The van der Waals surface area contributed by atoms with Crippen LogP contribution in [0, 0.1) is 17.8 Å². The molecule has 1 fully saturated rings. The SMILES string of the molecule is CC(C)C(=O)NS(=O)(=O)CCN1CC(C(=O)C(C)C)C1. The first-order valence-corrected chi connectivity index (χ1v) is 8.58. The Morgan fingerprint density at radius 2 is 1.70 bits per heavy atom. The predicted molar refractivity (Wildman–Crippen MR) is 76.5 cm³/mol. The molecule has 0 bridgehead atoms. The topological polar surface area (TPSA) is 83.6 Å². The number of hydrogen-bond acceptors (Lipinski definition) is 5. The molecular formula is C13H24N2O4S. The Morgan fingerprint density at radius 3 is 2.15 bits per heavy atom. The van der Waals surface area contributed by atoms with E-state index in [9.17, 15) is 18.0 Å². The molecule has 0 unspecified atom stereocenters. The summed E-state index contributed by atoms with van der Waals surface area (Å²) in [6, 6.07) is 0. The Kier molecular flexibility index (Phi) is 5.70. The number of likely N-dealkylation sites (tertiary alicyclic amines) is 1. The van der Waals surface area contributed by atoms with E-state index in [0.717, 1.165) is 0 Å². The summed E-state index contributed by atoms with van der Waals surface area (Å²) in [6.45, 7) is 8.61. The van der Waals surface area contributed by atoms with Gasteiger partial charge in [0.2, 0.25) is 15.9 Å². The molecule has 6 nitrogen and oxygen atoms in total. The first kappa shape index (κ1) is 17.1. The predicted octanol–water partition coefficient (Wildman–Crippen LogP) is 0.245. The number of carbonyl (C=O) groups is 2. The number of nitrogens with one attached hydrogen (secondary N) is 1. The van der Waals surface area contributed by atoms with Gasteiger partial charge in [0.1, 0.15) is 5.78 Å². The molecule has 1 rings (SSSR count). The maximum atomic E-state index is 11.7. The van der Waals surface area contributed by atoms with E-state index in [1.165, 1.54) is 0 Å². The number of Topliss-reactive ketones (excluding diaryl/α,β-unsaturated/α-hetero) is 1.